The summed E-state index contributed by atoms with van der Waals surface area (Å²) in [6.45, 7) is 7.46. The van der Waals surface area contributed by atoms with Crippen molar-refractivity contribution in [3.63, 3.8) is 0 Å². The molecule has 1 aromatic carbocycles. The second-order valence-corrected chi connectivity index (χ2v) is 7.12. The predicted molar refractivity (Wildman–Crippen MR) is 91.3 cm³/mol. The minimum atomic E-state index is -0.926. The number of carbonyl (C=O) groups is 1. The molecule has 1 aliphatic rings. The SMILES string of the molecule is Cc1cc(C2=NNC(C=O)CC2C)cc(Cl)c1OCC(C)(C)O. The van der Waals surface area contributed by atoms with Gasteiger partial charge in [0.2, 0.25) is 0 Å². The number of hydrazone groups is 1. The second-order valence-electron chi connectivity index (χ2n) is 6.71. The van der Waals surface area contributed by atoms with Crippen LogP contribution in [0.15, 0.2) is 17.2 Å². The number of hydrogen-bond donors (Lipinski definition) is 2. The highest BCUT2D eigenvalue weighted by Crippen LogP contribution is 2.32. The van der Waals surface area contributed by atoms with Crippen LogP contribution in [0.4, 0.5) is 0 Å². The largest absolute Gasteiger partial charge is 0.489 e. The Bertz CT molecular complexity index is 600. The van der Waals surface area contributed by atoms with E-state index in [1.165, 1.54) is 0 Å². The first-order valence-corrected chi connectivity index (χ1v) is 8.03. The van der Waals surface area contributed by atoms with E-state index in [1.54, 1.807) is 13.8 Å². The first-order valence-electron chi connectivity index (χ1n) is 7.65. The molecule has 6 heteroatoms. The van der Waals surface area contributed by atoms with Crippen LogP contribution in [0.3, 0.4) is 0 Å². The van der Waals surface area contributed by atoms with Gasteiger partial charge in [0.25, 0.3) is 0 Å². The summed E-state index contributed by atoms with van der Waals surface area (Å²) in [6.07, 6.45) is 1.58. The first kappa shape index (κ1) is 17.8. The molecular weight excluding hydrogens is 316 g/mol. The standard InChI is InChI=1S/C17H23ClN2O3/c1-10-6-13(8-21)19-20-15(10)12-5-11(2)16(14(18)7-12)23-9-17(3,4)22/h5,7-8,10,13,19,22H,6,9H2,1-4H3. The Morgan fingerprint density at radius 1 is 1.52 bits per heavy atom. The van der Waals surface area contributed by atoms with Gasteiger partial charge in [-0.3, -0.25) is 5.43 Å². The van der Waals surface area contributed by atoms with E-state index < -0.39 is 5.60 Å². The van der Waals surface area contributed by atoms with E-state index in [9.17, 15) is 9.90 Å². The molecule has 1 aliphatic heterocycles. The highest BCUT2D eigenvalue weighted by Gasteiger charge is 2.24. The van der Waals surface area contributed by atoms with Crippen molar-refractivity contribution in [3.05, 3.63) is 28.3 Å². The Balaban J connectivity index is 2.26. The number of aryl methyl sites for hydroxylation is 1. The zero-order valence-corrected chi connectivity index (χ0v) is 14.6. The summed E-state index contributed by atoms with van der Waals surface area (Å²) in [5, 5.41) is 14.6. The average molecular weight is 339 g/mol. The molecule has 2 rings (SSSR count). The Kier molecular flexibility index (Phi) is 5.32. The number of aldehydes is 1. The van der Waals surface area contributed by atoms with Gasteiger partial charge in [0, 0.05) is 5.92 Å². The molecule has 0 amide bonds. The lowest BCUT2D eigenvalue weighted by Gasteiger charge is -2.25. The number of carbonyl (C=O) groups excluding carboxylic acids is 1. The summed E-state index contributed by atoms with van der Waals surface area (Å²) in [4.78, 5) is 10.9. The van der Waals surface area contributed by atoms with E-state index in [1.807, 2.05) is 26.0 Å². The molecule has 0 aliphatic carbocycles. The summed E-state index contributed by atoms with van der Waals surface area (Å²) < 4.78 is 5.65. The van der Waals surface area contributed by atoms with Crippen LogP contribution >= 0.6 is 11.6 Å². The van der Waals surface area contributed by atoms with Gasteiger partial charge >= 0.3 is 0 Å². The Morgan fingerprint density at radius 2 is 2.22 bits per heavy atom. The summed E-state index contributed by atoms with van der Waals surface area (Å²) in [5.41, 5.74) is 4.60. The van der Waals surface area contributed by atoms with Gasteiger partial charge in [-0.15, -0.1) is 0 Å². The van der Waals surface area contributed by atoms with Gasteiger partial charge in [0.05, 0.1) is 22.4 Å². The molecule has 0 saturated carbocycles. The molecule has 2 N–H and O–H groups in total. The zero-order chi connectivity index (χ0) is 17.2. The summed E-state index contributed by atoms with van der Waals surface area (Å²) >= 11 is 6.35. The van der Waals surface area contributed by atoms with Gasteiger partial charge in [-0.2, -0.15) is 5.10 Å². The molecule has 2 unspecified atom stereocenters. The fourth-order valence-corrected chi connectivity index (χ4v) is 2.87. The van der Waals surface area contributed by atoms with Gasteiger partial charge in [-0.25, -0.2) is 0 Å². The zero-order valence-electron chi connectivity index (χ0n) is 13.9. The lowest BCUT2D eigenvalue weighted by Crippen LogP contribution is -2.37. The van der Waals surface area contributed by atoms with E-state index in [0.29, 0.717) is 17.2 Å². The van der Waals surface area contributed by atoms with E-state index in [0.717, 1.165) is 23.1 Å². The topological polar surface area (TPSA) is 70.9 Å². The highest BCUT2D eigenvalue weighted by molar-refractivity contribution is 6.32. The van der Waals surface area contributed by atoms with E-state index in [-0.39, 0.29) is 18.6 Å². The quantitative estimate of drug-likeness (QED) is 0.810. The van der Waals surface area contributed by atoms with Crippen molar-refractivity contribution < 1.29 is 14.6 Å². The normalized spacial score (nSPS) is 21.4. The Labute approximate surface area is 141 Å². The fourth-order valence-electron chi connectivity index (χ4n) is 2.55. The maximum Gasteiger partial charge on any atom is 0.143 e. The van der Waals surface area contributed by atoms with Crippen LogP contribution in [0.1, 0.15) is 38.3 Å². The van der Waals surface area contributed by atoms with Crippen LogP contribution in [0.25, 0.3) is 0 Å². The molecule has 5 nitrogen and oxygen atoms in total. The molecule has 2 atom stereocenters. The van der Waals surface area contributed by atoms with Gasteiger partial charge < -0.3 is 14.6 Å². The Morgan fingerprint density at radius 3 is 2.74 bits per heavy atom. The lowest BCUT2D eigenvalue weighted by atomic mass is 9.90. The summed E-state index contributed by atoms with van der Waals surface area (Å²) in [5.74, 6) is 0.727. The van der Waals surface area contributed by atoms with Crippen molar-refractivity contribution in [3.8, 4) is 5.75 Å². The van der Waals surface area contributed by atoms with Crippen molar-refractivity contribution in [2.24, 2.45) is 11.0 Å². The smallest absolute Gasteiger partial charge is 0.143 e. The van der Waals surface area contributed by atoms with Crippen LogP contribution in [0, 0.1) is 12.8 Å². The van der Waals surface area contributed by atoms with E-state index >= 15 is 0 Å². The molecule has 0 bridgehead atoms. The molecule has 0 spiro atoms. The molecule has 0 saturated heterocycles. The number of hydrogen-bond acceptors (Lipinski definition) is 5. The number of nitrogens with one attached hydrogen (secondary N) is 1. The van der Waals surface area contributed by atoms with Crippen molar-refractivity contribution in [2.45, 2.75) is 45.8 Å². The van der Waals surface area contributed by atoms with Gasteiger partial charge in [0.15, 0.2) is 0 Å². The Hall–Kier alpha value is -1.59. The van der Waals surface area contributed by atoms with Crippen LogP contribution in [0.2, 0.25) is 5.02 Å². The third kappa shape index (κ3) is 4.45. The maximum atomic E-state index is 10.9. The number of halogens is 1. The molecular formula is C17H23ClN2O3. The van der Waals surface area contributed by atoms with Crippen LogP contribution in [-0.4, -0.2) is 35.4 Å². The van der Waals surface area contributed by atoms with Crippen LogP contribution in [0.5, 0.6) is 5.75 Å². The number of rotatable bonds is 5. The molecule has 0 fully saturated rings. The maximum absolute atomic E-state index is 10.9. The molecule has 23 heavy (non-hydrogen) atoms. The molecule has 1 aromatic rings. The number of nitrogens with zero attached hydrogens (tertiary/aromatic N) is 1. The number of aliphatic hydroxyl groups is 1. The molecule has 0 aromatic heterocycles. The highest BCUT2D eigenvalue weighted by atomic mass is 35.5. The monoisotopic (exact) mass is 338 g/mol. The lowest BCUT2D eigenvalue weighted by molar-refractivity contribution is -0.109. The first-order chi connectivity index (χ1) is 10.7. The van der Waals surface area contributed by atoms with E-state index in [2.05, 4.69) is 10.5 Å². The van der Waals surface area contributed by atoms with Gasteiger partial charge in [0.1, 0.15) is 18.6 Å². The molecule has 0 radical (unpaired) electrons. The number of benzene rings is 1. The van der Waals surface area contributed by atoms with Crippen LogP contribution in [-0.2, 0) is 4.79 Å². The van der Waals surface area contributed by atoms with E-state index in [4.69, 9.17) is 16.3 Å². The fraction of sp³-hybridized carbons (Fsp3) is 0.529. The minimum Gasteiger partial charge on any atom is -0.489 e. The van der Waals surface area contributed by atoms with Crippen molar-refractivity contribution in [1.29, 1.82) is 0 Å². The van der Waals surface area contributed by atoms with Crippen molar-refractivity contribution in [2.75, 3.05) is 6.61 Å². The van der Waals surface area contributed by atoms with Crippen molar-refractivity contribution in [1.82, 2.24) is 5.43 Å². The van der Waals surface area contributed by atoms with Crippen LogP contribution < -0.4 is 10.2 Å². The molecule has 126 valence electrons. The third-order valence-corrected chi connectivity index (χ3v) is 3.96. The average Bonchev–Trinajstić information content (AvgIpc) is 2.44. The van der Waals surface area contributed by atoms with Gasteiger partial charge in [-0.1, -0.05) is 18.5 Å². The minimum absolute atomic E-state index is 0.157. The summed E-state index contributed by atoms with van der Waals surface area (Å²) in [7, 11) is 0. The van der Waals surface area contributed by atoms with Crippen molar-refractivity contribution >= 4 is 23.6 Å². The number of ether oxygens (including phenoxy) is 1. The molecule has 1 heterocycles. The second kappa shape index (κ2) is 6.89. The predicted octanol–water partition coefficient (Wildman–Crippen LogP) is 2.70. The third-order valence-electron chi connectivity index (χ3n) is 3.68. The summed E-state index contributed by atoms with van der Waals surface area (Å²) in [6, 6.07) is 3.54. The van der Waals surface area contributed by atoms with Gasteiger partial charge in [-0.05, 0) is 50.5 Å².